The van der Waals surface area contributed by atoms with E-state index in [-0.39, 0.29) is 12.6 Å². The Labute approximate surface area is 421 Å². The van der Waals surface area contributed by atoms with Crippen molar-refractivity contribution in [3.8, 4) is 33.8 Å². The summed E-state index contributed by atoms with van der Waals surface area (Å²) < 4.78 is 36.8. The Hall–Kier alpha value is -7.81. The first-order chi connectivity index (χ1) is 35.1. The number of carbonyl (C=O) groups excluding carboxylic acids is 1. The highest BCUT2D eigenvalue weighted by atomic mass is 31.2. The number of pyridine rings is 6. The number of cyclic esters (lactones) is 1. The SMILES string of the molecule is CN(C[n+]1ccc(-c2cc[n+](-c3cccc(C[n+]4ccc(-c5cc[n+](-c6ccc7ncc(CCP(=O)(O)O)cc7c6)cc5)cc4)n3)cc2)cc1)c1ccc2c(c1)C(=O)OC2c1ccc(N(C)CP(=O)(O)O)cc1. The summed E-state index contributed by atoms with van der Waals surface area (Å²) >= 11 is 0. The van der Waals surface area contributed by atoms with Gasteiger partial charge in [0.2, 0.25) is 24.6 Å². The van der Waals surface area contributed by atoms with Crippen molar-refractivity contribution in [1.82, 2.24) is 9.97 Å². The number of esters is 1. The summed E-state index contributed by atoms with van der Waals surface area (Å²) in [6, 6.07) is 43.5. The first-order valence-electron chi connectivity index (χ1n) is 23.4. The first kappa shape index (κ1) is 48.8. The van der Waals surface area contributed by atoms with Crippen LogP contribution in [0.2, 0.25) is 0 Å². The topological polar surface area (TPSA) is 189 Å². The maximum Gasteiger partial charge on any atom is 0.344 e. The highest BCUT2D eigenvalue weighted by Crippen LogP contribution is 2.40. The van der Waals surface area contributed by atoms with Gasteiger partial charge in [-0.25, -0.2) is 9.36 Å². The molecule has 4 N–H and O–H groups in total. The van der Waals surface area contributed by atoms with Crippen molar-refractivity contribution in [2.45, 2.75) is 25.7 Å². The lowest BCUT2D eigenvalue weighted by molar-refractivity contribution is -0.695. The van der Waals surface area contributed by atoms with E-state index in [1.165, 1.54) is 4.90 Å². The predicted molar refractivity (Wildman–Crippen MR) is 274 cm³/mol. The van der Waals surface area contributed by atoms with Gasteiger partial charge in [0.15, 0.2) is 43.3 Å². The van der Waals surface area contributed by atoms with Crippen molar-refractivity contribution < 1.29 is 56.5 Å². The van der Waals surface area contributed by atoms with Crippen LogP contribution in [-0.2, 0) is 33.5 Å². The van der Waals surface area contributed by atoms with E-state index in [9.17, 15) is 33.5 Å². The average Bonchev–Trinajstić information content (AvgIpc) is 3.73. The summed E-state index contributed by atoms with van der Waals surface area (Å²) in [5.74, 6) is 0.410. The number of carbonyl (C=O) groups is 1. The molecule has 0 amide bonds. The molecule has 1 aliphatic heterocycles. The highest BCUT2D eigenvalue weighted by Gasteiger charge is 2.33. The minimum atomic E-state index is -4.22. The molecule has 16 nitrogen and oxygen atoms in total. The van der Waals surface area contributed by atoms with E-state index < -0.39 is 33.6 Å². The molecule has 7 heterocycles. The number of aromatic nitrogens is 6. The minimum Gasteiger partial charge on any atom is -0.449 e. The number of aryl methyl sites for hydroxylation is 1. The molecule has 0 radical (unpaired) electrons. The van der Waals surface area contributed by atoms with Crippen LogP contribution in [0, 0.1) is 0 Å². The third-order valence-corrected chi connectivity index (χ3v) is 14.4. The molecule has 0 spiro atoms. The zero-order valence-corrected chi connectivity index (χ0v) is 41.7. The molecule has 0 bridgehead atoms. The molecule has 10 rings (SSSR count). The normalized spacial score (nSPS) is 13.5. The summed E-state index contributed by atoms with van der Waals surface area (Å²) in [6.07, 6.45) is 17.0. The van der Waals surface area contributed by atoms with Crippen LogP contribution in [0.3, 0.4) is 0 Å². The van der Waals surface area contributed by atoms with E-state index in [0.29, 0.717) is 24.5 Å². The number of hydrogen-bond acceptors (Lipinski definition) is 8. The van der Waals surface area contributed by atoms with E-state index in [4.69, 9.17) is 9.72 Å². The van der Waals surface area contributed by atoms with E-state index in [1.54, 1.807) is 25.4 Å². The van der Waals surface area contributed by atoms with Crippen molar-refractivity contribution in [3.63, 3.8) is 0 Å². The van der Waals surface area contributed by atoms with Crippen LogP contribution in [0.1, 0.15) is 38.8 Å². The zero-order chi connectivity index (χ0) is 50.9. The number of ether oxygens (including phenoxy) is 1. The van der Waals surface area contributed by atoms with Gasteiger partial charge in [-0.1, -0.05) is 18.2 Å². The summed E-state index contributed by atoms with van der Waals surface area (Å²) in [7, 11) is -4.73. The van der Waals surface area contributed by atoms with E-state index in [1.807, 2.05) is 126 Å². The van der Waals surface area contributed by atoms with Crippen LogP contribution in [0.25, 0.3) is 44.7 Å². The van der Waals surface area contributed by atoms with Gasteiger partial charge in [-0.3, -0.25) is 14.1 Å². The standard InChI is InChI=1S/C55H48N8O8P2/c1-58(48-10-12-50-51(34-48)55(64)71-54(50)44-6-8-47(9-7-44)59(2)38-73(68,69)70)37-61-25-16-41(17-26-61)43-20-29-63(30-21-43)53-5-3-4-46(57-53)36-60-23-14-40(15-24-60)42-18-27-62(28-19-42)49-11-13-52-45(33-49)32-39(35-56-52)22-31-72(65,66)67/h3-21,23-30,32-35,54H,22,31,36-38H2,1-2H3/p+4. The second-order valence-electron chi connectivity index (χ2n) is 18.2. The van der Waals surface area contributed by atoms with Crippen molar-refractivity contribution >= 4 is 43.4 Å². The molecule has 3 aromatic carbocycles. The number of nitrogens with zero attached hydrogens (tertiary/aromatic N) is 8. The van der Waals surface area contributed by atoms with Crippen molar-refractivity contribution in [2.24, 2.45) is 0 Å². The molecule has 0 aliphatic carbocycles. The third-order valence-electron chi connectivity index (χ3n) is 12.8. The lowest BCUT2D eigenvalue weighted by Gasteiger charge is -2.20. The summed E-state index contributed by atoms with van der Waals surface area (Å²) in [5, 5.41) is 0.905. The average molecular weight is 1020 g/mol. The molecule has 0 saturated carbocycles. The van der Waals surface area contributed by atoms with Crippen molar-refractivity contribution in [1.29, 1.82) is 0 Å². The fourth-order valence-electron chi connectivity index (χ4n) is 8.94. The smallest absolute Gasteiger partial charge is 0.344 e. The van der Waals surface area contributed by atoms with Crippen LogP contribution < -0.4 is 28.1 Å². The van der Waals surface area contributed by atoms with Crippen LogP contribution in [0.15, 0.2) is 189 Å². The first-order valence-corrected chi connectivity index (χ1v) is 27.0. The molecule has 73 heavy (non-hydrogen) atoms. The Balaban J connectivity index is 0.735. The number of rotatable bonds is 16. The highest BCUT2D eigenvalue weighted by molar-refractivity contribution is 7.52. The number of anilines is 2. The number of hydrogen-bond donors (Lipinski definition) is 4. The van der Waals surface area contributed by atoms with E-state index in [0.717, 1.165) is 72.7 Å². The zero-order valence-electron chi connectivity index (χ0n) is 39.9. The minimum absolute atomic E-state index is 0.211. The third kappa shape index (κ3) is 11.6. The van der Waals surface area contributed by atoms with Gasteiger partial charge < -0.3 is 34.1 Å². The maximum atomic E-state index is 13.0. The molecule has 1 unspecified atom stereocenters. The Morgan fingerprint density at radius 1 is 0.630 bits per heavy atom. The summed E-state index contributed by atoms with van der Waals surface area (Å²) in [6.45, 7) is 1.14. The molecule has 366 valence electrons. The fourth-order valence-corrected chi connectivity index (χ4v) is 10.2. The Bertz CT molecular complexity index is 3580. The van der Waals surface area contributed by atoms with Gasteiger partial charge in [-0.2, -0.15) is 13.7 Å². The predicted octanol–water partition coefficient (Wildman–Crippen LogP) is 6.79. The monoisotopic (exact) mass is 1010 g/mol. The van der Waals surface area contributed by atoms with Gasteiger partial charge in [-0.15, -0.1) is 0 Å². The van der Waals surface area contributed by atoms with Crippen LogP contribution in [0.4, 0.5) is 11.4 Å². The Morgan fingerprint density at radius 2 is 1.25 bits per heavy atom. The lowest BCUT2D eigenvalue weighted by atomic mass is 9.98. The number of fused-ring (bicyclic) bond motifs is 2. The molecule has 1 aliphatic rings. The van der Waals surface area contributed by atoms with Crippen molar-refractivity contribution in [3.05, 3.63) is 217 Å². The van der Waals surface area contributed by atoms with Gasteiger partial charge in [0.1, 0.15) is 6.29 Å². The van der Waals surface area contributed by atoms with Gasteiger partial charge >= 0.3 is 27.0 Å². The largest absolute Gasteiger partial charge is 0.449 e. The van der Waals surface area contributed by atoms with Crippen LogP contribution in [0.5, 0.6) is 0 Å². The van der Waals surface area contributed by atoms with E-state index >= 15 is 0 Å². The number of benzene rings is 3. The maximum absolute atomic E-state index is 13.0. The summed E-state index contributed by atoms with van der Waals surface area (Å²) in [4.78, 5) is 63.3. The Kier molecular flexibility index (Phi) is 13.6. The second-order valence-corrected chi connectivity index (χ2v) is 21.6. The molecule has 1 atom stereocenters. The van der Waals surface area contributed by atoms with Crippen LogP contribution >= 0.6 is 15.2 Å². The molecular formula is C55H52N8O8P2+4. The van der Waals surface area contributed by atoms with Gasteiger partial charge in [0, 0.05) is 97.2 Å². The second kappa shape index (κ2) is 20.4. The van der Waals surface area contributed by atoms with Crippen molar-refractivity contribution in [2.75, 3.05) is 36.3 Å². The van der Waals surface area contributed by atoms with Gasteiger partial charge in [0.05, 0.1) is 29.6 Å². The Morgan fingerprint density at radius 3 is 1.89 bits per heavy atom. The van der Waals surface area contributed by atoms with Gasteiger partial charge in [0.25, 0.3) is 0 Å². The molecular weight excluding hydrogens is 963 g/mol. The summed E-state index contributed by atoms with van der Waals surface area (Å²) in [5.41, 5.74) is 11.3. The fraction of sp³-hybridized carbons (Fsp3) is 0.145. The lowest BCUT2D eigenvalue weighted by Crippen LogP contribution is -2.41. The molecule has 6 aromatic heterocycles. The van der Waals surface area contributed by atoms with Crippen LogP contribution in [-0.4, -0.2) is 62.1 Å². The molecule has 0 fully saturated rings. The van der Waals surface area contributed by atoms with Gasteiger partial charge in [-0.05, 0) is 105 Å². The quantitative estimate of drug-likeness (QED) is 0.0452. The molecule has 9 aromatic rings. The van der Waals surface area contributed by atoms with E-state index in [2.05, 4.69) is 79.9 Å². The molecule has 18 heteroatoms. The molecule has 0 saturated heterocycles.